The van der Waals surface area contributed by atoms with E-state index >= 15 is 0 Å². The third-order valence-corrected chi connectivity index (χ3v) is 7.34. The molecule has 1 heterocycles. The molecule has 1 saturated heterocycles. The predicted octanol–water partition coefficient (Wildman–Crippen LogP) is 7.37. The molecule has 0 amide bonds. The summed E-state index contributed by atoms with van der Waals surface area (Å²) in [5.74, 6) is 2.09. The minimum Gasteiger partial charge on any atom is -0.290 e. The summed E-state index contributed by atoms with van der Waals surface area (Å²) in [5, 5.41) is 1.37. The molecular weight excluding hydrogens is 415 g/mol. The summed E-state index contributed by atoms with van der Waals surface area (Å²) in [5.41, 5.74) is 3.67. The van der Waals surface area contributed by atoms with Crippen molar-refractivity contribution in [2.45, 2.75) is 6.42 Å². The quantitative estimate of drug-likeness (QED) is 0.443. The molecule has 1 aliphatic rings. The number of ketones is 1. The molecule has 1 nitrogen and oxygen atoms in total. The lowest BCUT2D eigenvalue weighted by molar-refractivity contribution is -0.111. The second-order valence-corrected chi connectivity index (χ2v) is 9.34. The molecule has 0 bridgehead atoms. The first-order valence-electron chi connectivity index (χ1n) is 8.43. The smallest absolute Gasteiger partial charge is 0.183 e. The summed E-state index contributed by atoms with van der Waals surface area (Å²) in [4.78, 5) is 12.9. The molecule has 0 atom stereocenters. The maximum Gasteiger partial charge on any atom is 0.183 e. The van der Waals surface area contributed by atoms with Crippen LogP contribution in [0.15, 0.2) is 71.0 Å². The van der Waals surface area contributed by atoms with Gasteiger partial charge in [-0.25, -0.2) is 0 Å². The second kappa shape index (κ2) is 9.70. The van der Waals surface area contributed by atoms with Gasteiger partial charge in [-0.1, -0.05) is 60.1 Å². The van der Waals surface area contributed by atoms with E-state index in [9.17, 15) is 4.79 Å². The lowest BCUT2D eigenvalue weighted by atomic mass is 9.98. The number of carbonyl (C=O) groups is 1. The van der Waals surface area contributed by atoms with E-state index in [0.29, 0.717) is 16.5 Å². The molecule has 1 aliphatic heterocycles. The summed E-state index contributed by atoms with van der Waals surface area (Å²) in [7, 11) is 0. The van der Waals surface area contributed by atoms with Gasteiger partial charge in [-0.05, 0) is 47.0 Å². The lowest BCUT2D eigenvalue weighted by Crippen LogP contribution is -2.01. The van der Waals surface area contributed by atoms with Crippen LogP contribution in [0.25, 0.3) is 11.6 Å². The van der Waals surface area contributed by atoms with E-state index in [-0.39, 0.29) is 5.78 Å². The van der Waals surface area contributed by atoms with Crippen LogP contribution in [-0.2, 0) is 4.79 Å². The highest BCUT2D eigenvalue weighted by Crippen LogP contribution is 2.41. The van der Waals surface area contributed by atoms with E-state index in [2.05, 4.69) is 6.58 Å². The number of thioether (sulfide) groups is 2. The number of benzene rings is 2. The predicted molar refractivity (Wildman–Crippen MR) is 123 cm³/mol. The molecule has 0 spiro atoms. The highest BCUT2D eigenvalue weighted by atomic mass is 35.5. The Morgan fingerprint density at radius 3 is 2.11 bits per heavy atom. The van der Waals surface area contributed by atoms with Crippen LogP contribution in [0, 0.1) is 0 Å². The van der Waals surface area contributed by atoms with Gasteiger partial charge in [0.25, 0.3) is 0 Å². The van der Waals surface area contributed by atoms with Gasteiger partial charge < -0.3 is 0 Å². The Kier molecular flexibility index (Phi) is 7.31. The zero-order valence-corrected chi connectivity index (χ0v) is 17.7. The van der Waals surface area contributed by atoms with Crippen LogP contribution in [0.1, 0.15) is 17.5 Å². The van der Waals surface area contributed by atoms with E-state index in [4.69, 9.17) is 23.2 Å². The van der Waals surface area contributed by atoms with Crippen LogP contribution in [-0.4, -0.2) is 17.3 Å². The average Bonchev–Trinajstić information content (AvgIpc) is 3.20. The number of hydrogen-bond acceptors (Lipinski definition) is 3. The maximum absolute atomic E-state index is 12.9. The summed E-state index contributed by atoms with van der Waals surface area (Å²) in [6, 6.07) is 15.0. The van der Waals surface area contributed by atoms with E-state index in [1.807, 2.05) is 54.6 Å². The van der Waals surface area contributed by atoms with Crippen LogP contribution in [0.3, 0.4) is 0 Å². The summed E-state index contributed by atoms with van der Waals surface area (Å²) in [6.07, 6.45) is 4.00. The fourth-order valence-corrected chi connectivity index (χ4v) is 5.41. The van der Waals surface area contributed by atoms with E-state index in [0.717, 1.165) is 38.0 Å². The zero-order chi connectivity index (χ0) is 19.2. The van der Waals surface area contributed by atoms with Crippen molar-refractivity contribution >= 4 is 64.2 Å². The molecule has 2 aromatic carbocycles. The Bertz CT molecular complexity index is 889. The highest BCUT2D eigenvalue weighted by Gasteiger charge is 2.19. The van der Waals surface area contributed by atoms with E-state index in [1.165, 1.54) is 0 Å². The van der Waals surface area contributed by atoms with Crippen LogP contribution < -0.4 is 0 Å². The third kappa shape index (κ3) is 5.79. The van der Waals surface area contributed by atoms with Gasteiger partial charge in [-0.3, -0.25) is 4.79 Å². The summed E-state index contributed by atoms with van der Waals surface area (Å²) >= 11 is 15.4. The molecule has 3 rings (SSSR count). The van der Waals surface area contributed by atoms with Gasteiger partial charge in [0.2, 0.25) is 0 Å². The normalized spacial score (nSPS) is 13.9. The third-order valence-electron chi connectivity index (χ3n) is 4.03. The van der Waals surface area contributed by atoms with Gasteiger partial charge in [0.1, 0.15) is 0 Å². The Labute approximate surface area is 178 Å². The molecule has 0 unspecified atom stereocenters. The molecule has 0 saturated carbocycles. The molecular formula is C22H18Cl2OS2. The van der Waals surface area contributed by atoms with Gasteiger partial charge in [-0.2, -0.15) is 0 Å². The van der Waals surface area contributed by atoms with Crippen LogP contribution in [0.2, 0.25) is 10.0 Å². The van der Waals surface area contributed by atoms with Crippen molar-refractivity contribution in [3.05, 3.63) is 92.2 Å². The van der Waals surface area contributed by atoms with Crippen molar-refractivity contribution in [3.63, 3.8) is 0 Å². The molecule has 2 aromatic rings. The Balaban J connectivity index is 1.80. The topological polar surface area (TPSA) is 17.1 Å². The van der Waals surface area contributed by atoms with Gasteiger partial charge >= 0.3 is 0 Å². The monoisotopic (exact) mass is 432 g/mol. The standard InChI is InChI=1S/C22H18Cl2OS2/c1-15(17-5-9-19(24)10-6-17)14-20(22-26-12-13-27-22)21(25)11-4-16-2-7-18(23)8-3-16/h2-11H,1,12-14H2/b11-4+. The second-order valence-electron chi connectivity index (χ2n) is 6.00. The summed E-state index contributed by atoms with van der Waals surface area (Å²) < 4.78 is 1.11. The van der Waals surface area contributed by atoms with Crippen molar-refractivity contribution in [3.8, 4) is 0 Å². The Hall–Kier alpha value is -1.39. The Morgan fingerprint density at radius 1 is 0.963 bits per heavy atom. The van der Waals surface area contributed by atoms with Crippen molar-refractivity contribution in [1.82, 2.24) is 0 Å². The first-order valence-corrected chi connectivity index (χ1v) is 11.2. The highest BCUT2D eigenvalue weighted by molar-refractivity contribution is 8.25. The molecule has 138 valence electrons. The van der Waals surface area contributed by atoms with E-state index < -0.39 is 0 Å². The number of hydrogen-bond donors (Lipinski definition) is 0. The average molecular weight is 433 g/mol. The van der Waals surface area contributed by atoms with Gasteiger partial charge in [0, 0.05) is 37.8 Å². The number of carbonyl (C=O) groups excluding carboxylic acids is 1. The van der Waals surface area contributed by atoms with Crippen molar-refractivity contribution < 1.29 is 4.79 Å². The fourth-order valence-electron chi connectivity index (χ4n) is 2.59. The molecule has 27 heavy (non-hydrogen) atoms. The largest absolute Gasteiger partial charge is 0.290 e. The lowest BCUT2D eigenvalue weighted by Gasteiger charge is -2.11. The van der Waals surface area contributed by atoms with Crippen LogP contribution in [0.4, 0.5) is 0 Å². The summed E-state index contributed by atoms with van der Waals surface area (Å²) in [6.45, 7) is 4.19. The van der Waals surface area contributed by atoms with Crippen molar-refractivity contribution in [1.29, 1.82) is 0 Å². The number of rotatable bonds is 6. The minimum absolute atomic E-state index is 0.0250. The number of halogens is 2. The fraction of sp³-hybridized carbons (Fsp3) is 0.136. The minimum atomic E-state index is 0.0250. The number of allylic oxidation sites excluding steroid dienone is 3. The van der Waals surface area contributed by atoms with Crippen LogP contribution in [0.5, 0.6) is 0 Å². The van der Waals surface area contributed by atoms with Gasteiger partial charge in [0.05, 0.1) is 0 Å². The van der Waals surface area contributed by atoms with Crippen molar-refractivity contribution in [2.75, 3.05) is 11.5 Å². The SMILES string of the molecule is C=C(CC(C(=O)/C=C/c1ccc(Cl)cc1)=C1SCCS1)c1ccc(Cl)cc1. The van der Waals surface area contributed by atoms with Crippen molar-refractivity contribution in [2.24, 2.45) is 0 Å². The molecule has 0 aromatic heterocycles. The van der Waals surface area contributed by atoms with Gasteiger partial charge in [-0.15, -0.1) is 23.5 Å². The zero-order valence-electron chi connectivity index (χ0n) is 14.6. The molecule has 0 radical (unpaired) electrons. The molecule has 1 fully saturated rings. The molecule has 5 heteroatoms. The first-order chi connectivity index (χ1) is 13.0. The van der Waals surface area contributed by atoms with Crippen LogP contribution >= 0.6 is 46.7 Å². The maximum atomic E-state index is 12.9. The first kappa shape index (κ1) is 20.3. The van der Waals surface area contributed by atoms with E-state index in [1.54, 1.807) is 29.6 Å². The Morgan fingerprint density at radius 2 is 1.52 bits per heavy atom. The molecule has 0 N–H and O–H groups in total. The molecule has 0 aliphatic carbocycles. The van der Waals surface area contributed by atoms with Gasteiger partial charge in [0.15, 0.2) is 5.78 Å².